The first kappa shape index (κ1) is 8.94. The topological polar surface area (TPSA) is 29.1 Å². The minimum Gasteiger partial charge on any atom is -0.304 e. The van der Waals surface area contributed by atoms with Crippen molar-refractivity contribution >= 4 is 6.29 Å². The summed E-state index contributed by atoms with van der Waals surface area (Å²) < 4.78 is 0. The number of aldehydes is 1. The lowest BCUT2D eigenvalue weighted by atomic mass is 10.2. The minimum atomic E-state index is -0.0646. The molecule has 1 atom stereocenters. The molecule has 0 bridgehead atoms. The van der Waals surface area contributed by atoms with Crippen molar-refractivity contribution in [3.8, 4) is 0 Å². The molecule has 2 nitrogen and oxygen atoms in total. The standard InChI is InChI=1S/C10H13NO/c1-9(8-12)11-7-10-5-3-2-4-6-10/h2-6,8-9,11H,7H2,1H3/t9-/m1/s1. The fourth-order valence-electron chi connectivity index (χ4n) is 0.923. The molecule has 1 rings (SSSR count). The van der Waals surface area contributed by atoms with Gasteiger partial charge in [0.2, 0.25) is 0 Å². The highest BCUT2D eigenvalue weighted by Gasteiger charge is 1.96. The molecule has 0 aliphatic heterocycles. The second-order valence-electron chi connectivity index (χ2n) is 2.79. The molecule has 12 heavy (non-hydrogen) atoms. The van der Waals surface area contributed by atoms with Crippen LogP contribution in [0.4, 0.5) is 0 Å². The van der Waals surface area contributed by atoms with E-state index >= 15 is 0 Å². The maximum atomic E-state index is 10.3. The van der Waals surface area contributed by atoms with E-state index in [-0.39, 0.29) is 6.04 Å². The van der Waals surface area contributed by atoms with Crippen molar-refractivity contribution in [3.63, 3.8) is 0 Å². The van der Waals surface area contributed by atoms with Gasteiger partial charge in [0.25, 0.3) is 0 Å². The highest BCUT2D eigenvalue weighted by Crippen LogP contribution is 1.97. The average molecular weight is 163 g/mol. The van der Waals surface area contributed by atoms with Gasteiger partial charge in [0, 0.05) is 6.54 Å². The molecule has 0 saturated carbocycles. The van der Waals surface area contributed by atoms with Crippen LogP contribution in [0.25, 0.3) is 0 Å². The predicted molar refractivity (Wildman–Crippen MR) is 48.8 cm³/mol. The van der Waals surface area contributed by atoms with E-state index in [2.05, 4.69) is 5.32 Å². The molecule has 1 aromatic rings. The van der Waals surface area contributed by atoms with Crippen molar-refractivity contribution in [2.45, 2.75) is 19.5 Å². The zero-order valence-corrected chi connectivity index (χ0v) is 7.16. The zero-order valence-electron chi connectivity index (χ0n) is 7.16. The number of benzene rings is 1. The first-order valence-corrected chi connectivity index (χ1v) is 4.05. The fraction of sp³-hybridized carbons (Fsp3) is 0.300. The summed E-state index contributed by atoms with van der Waals surface area (Å²) in [5, 5.41) is 3.08. The fourth-order valence-corrected chi connectivity index (χ4v) is 0.923. The summed E-state index contributed by atoms with van der Waals surface area (Å²) in [6.07, 6.45) is 0.906. The largest absolute Gasteiger partial charge is 0.304 e. The van der Waals surface area contributed by atoms with E-state index < -0.39 is 0 Å². The van der Waals surface area contributed by atoms with Gasteiger partial charge in [-0.2, -0.15) is 0 Å². The Bertz CT molecular complexity index is 233. The minimum absolute atomic E-state index is 0.0646. The first-order valence-electron chi connectivity index (χ1n) is 4.05. The van der Waals surface area contributed by atoms with Gasteiger partial charge in [-0.15, -0.1) is 0 Å². The summed E-state index contributed by atoms with van der Waals surface area (Å²) >= 11 is 0. The lowest BCUT2D eigenvalue weighted by Gasteiger charge is -2.05. The molecule has 0 aliphatic carbocycles. The van der Waals surface area contributed by atoms with E-state index in [0.29, 0.717) is 0 Å². The molecule has 0 saturated heterocycles. The lowest BCUT2D eigenvalue weighted by molar-refractivity contribution is -0.109. The number of carbonyl (C=O) groups is 1. The third-order valence-corrected chi connectivity index (χ3v) is 1.68. The second-order valence-corrected chi connectivity index (χ2v) is 2.79. The molecular formula is C10H13NO. The van der Waals surface area contributed by atoms with Crippen LogP contribution in [-0.2, 0) is 11.3 Å². The van der Waals surface area contributed by atoms with Crippen molar-refractivity contribution in [2.24, 2.45) is 0 Å². The van der Waals surface area contributed by atoms with E-state index in [1.165, 1.54) is 5.56 Å². The molecule has 0 heterocycles. The summed E-state index contributed by atoms with van der Waals surface area (Å²) in [7, 11) is 0. The zero-order chi connectivity index (χ0) is 8.81. The van der Waals surface area contributed by atoms with Crippen molar-refractivity contribution in [3.05, 3.63) is 35.9 Å². The molecule has 2 heteroatoms. The van der Waals surface area contributed by atoms with E-state index in [4.69, 9.17) is 0 Å². The van der Waals surface area contributed by atoms with Crippen LogP contribution >= 0.6 is 0 Å². The normalized spacial score (nSPS) is 12.4. The van der Waals surface area contributed by atoms with Gasteiger partial charge in [0.15, 0.2) is 0 Å². The summed E-state index contributed by atoms with van der Waals surface area (Å²) in [6, 6.07) is 9.96. The molecule has 0 aromatic heterocycles. The molecule has 0 unspecified atom stereocenters. The summed E-state index contributed by atoms with van der Waals surface area (Å²) in [6.45, 7) is 2.59. The second kappa shape index (κ2) is 4.67. The third-order valence-electron chi connectivity index (χ3n) is 1.68. The van der Waals surface area contributed by atoms with E-state index in [0.717, 1.165) is 12.8 Å². The Morgan fingerprint density at radius 3 is 2.67 bits per heavy atom. The Morgan fingerprint density at radius 2 is 2.08 bits per heavy atom. The van der Waals surface area contributed by atoms with Crippen LogP contribution in [0.5, 0.6) is 0 Å². The van der Waals surface area contributed by atoms with E-state index in [1.54, 1.807) is 0 Å². The van der Waals surface area contributed by atoms with Crippen LogP contribution in [0.2, 0.25) is 0 Å². The Morgan fingerprint density at radius 1 is 1.42 bits per heavy atom. The Kier molecular flexibility index (Phi) is 3.48. The van der Waals surface area contributed by atoms with Crippen molar-refractivity contribution in [2.75, 3.05) is 0 Å². The van der Waals surface area contributed by atoms with Crippen molar-refractivity contribution in [1.29, 1.82) is 0 Å². The highest BCUT2D eigenvalue weighted by molar-refractivity contribution is 5.56. The summed E-state index contributed by atoms with van der Waals surface area (Å²) in [5.74, 6) is 0. The van der Waals surface area contributed by atoms with Gasteiger partial charge in [0.1, 0.15) is 6.29 Å². The van der Waals surface area contributed by atoms with Gasteiger partial charge in [-0.25, -0.2) is 0 Å². The van der Waals surface area contributed by atoms with Crippen LogP contribution in [0, 0.1) is 0 Å². The SMILES string of the molecule is C[C@H](C=O)NCc1ccccc1. The predicted octanol–water partition coefficient (Wildman–Crippen LogP) is 1.36. The van der Waals surface area contributed by atoms with Crippen LogP contribution in [0.1, 0.15) is 12.5 Å². The molecular weight excluding hydrogens is 150 g/mol. The van der Waals surface area contributed by atoms with Crippen LogP contribution in [-0.4, -0.2) is 12.3 Å². The van der Waals surface area contributed by atoms with E-state index in [9.17, 15) is 4.79 Å². The quantitative estimate of drug-likeness (QED) is 0.679. The average Bonchev–Trinajstić information content (AvgIpc) is 2.16. The molecule has 1 N–H and O–H groups in total. The summed E-state index contributed by atoms with van der Waals surface area (Å²) in [4.78, 5) is 10.3. The lowest BCUT2D eigenvalue weighted by Crippen LogP contribution is -2.26. The molecule has 1 aromatic carbocycles. The van der Waals surface area contributed by atoms with Gasteiger partial charge in [-0.3, -0.25) is 0 Å². The van der Waals surface area contributed by atoms with Crippen molar-refractivity contribution < 1.29 is 4.79 Å². The number of carbonyl (C=O) groups excluding carboxylic acids is 1. The summed E-state index contributed by atoms with van der Waals surface area (Å²) in [5.41, 5.74) is 1.20. The van der Waals surface area contributed by atoms with Crippen LogP contribution in [0.15, 0.2) is 30.3 Å². The smallest absolute Gasteiger partial charge is 0.136 e. The van der Waals surface area contributed by atoms with Crippen LogP contribution < -0.4 is 5.32 Å². The van der Waals surface area contributed by atoms with Gasteiger partial charge in [-0.1, -0.05) is 30.3 Å². The molecule has 0 radical (unpaired) electrons. The van der Waals surface area contributed by atoms with Crippen LogP contribution in [0.3, 0.4) is 0 Å². The number of hydrogen-bond acceptors (Lipinski definition) is 2. The molecule has 0 fully saturated rings. The Balaban J connectivity index is 2.38. The molecule has 0 spiro atoms. The van der Waals surface area contributed by atoms with Gasteiger partial charge >= 0.3 is 0 Å². The first-order chi connectivity index (χ1) is 5.83. The molecule has 0 amide bonds. The monoisotopic (exact) mass is 163 g/mol. The van der Waals surface area contributed by atoms with E-state index in [1.807, 2.05) is 37.3 Å². The number of rotatable bonds is 4. The van der Waals surface area contributed by atoms with Gasteiger partial charge in [0.05, 0.1) is 6.04 Å². The van der Waals surface area contributed by atoms with Gasteiger partial charge in [-0.05, 0) is 12.5 Å². The third kappa shape index (κ3) is 2.84. The Hall–Kier alpha value is -1.15. The molecule has 64 valence electrons. The maximum absolute atomic E-state index is 10.3. The Labute approximate surface area is 72.6 Å². The number of nitrogens with one attached hydrogen (secondary N) is 1. The maximum Gasteiger partial charge on any atom is 0.136 e. The number of hydrogen-bond donors (Lipinski definition) is 1. The molecule has 0 aliphatic rings. The highest BCUT2D eigenvalue weighted by atomic mass is 16.1. The van der Waals surface area contributed by atoms with Gasteiger partial charge < -0.3 is 10.1 Å². The van der Waals surface area contributed by atoms with Crippen molar-refractivity contribution in [1.82, 2.24) is 5.32 Å².